The van der Waals surface area contributed by atoms with E-state index in [4.69, 9.17) is 25.8 Å². The molecule has 0 bridgehead atoms. The molecule has 2 atom stereocenters. The monoisotopic (exact) mass is 342 g/mol. The molecule has 2 aliphatic rings. The predicted molar refractivity (Wildman–Crippen MR) is 86.9 cm³/mol. The Morgan fingerprint density at radius 1 is 1.13 bits per heavy atom. The van der Waals surface area contributed by atoms with Crippen molar-refractivity contribution in [1.82, 2.24) is 0 Å². The van der Waals surface area contributed by atoms with E-state index in [-0.39, 0.29) is 23.3 Å². The zero-order chi connectivity index (χ0) is 16.2. The van der Waals surface area contributed by atoms with E-state index in [1.165, 1.54) is 6.07 Å². The molecule has 0 spiro atoms. The first-order valence-electron chi connectivity index (χ1n) is 8.47. The Morgan fingerprint density at radius 2 is 1.91 bits per heavy atom. The van der Waals surface area contributed by atoms with Gasteiger partial charge in [0.15, 0.2) is 6.29 Å². The highest BCUT2D eigenvalue weighted by Crippen LogP contribution is 2.35. The highest BCUT2D eigenvalue weighted by atomic mass is 35.5. The van der Waals surface area contributed by atoms with Gasteiger partial charge in [-0.2, -0.15) is 0 Å². The van der Waals surface area contributed by atoms with Crippen LogP contribution in [0.15, 0.2) is 18.2 Å². The molecule has 1 aromatic rings. The average Bonchev–Trinajstić information content (AvgIpc) is 2.59. The molecule has 3 nitrogen and oxygen atoms in total. The Kier molecular flexibility index (Phi) is 5.91. The minimum absolute atomic E-state index is 0.0271. The van der Waals surface area contributed by atoms with Crippen molar-refractivity contribution in [2.75, 3.05) is 19.8 Å². The zero-order valence-corrected chi connectivity index (χ0v) is 14.2. The number of halogens is 2. The molecule has 0 unspecified atom stereocenters. The Morgan fingerprint density at radius 3 is 2.52 bits per heavy atom. The van der Waals surface area contributed by atoms with Crippen LogP contribution in [0.4, 0.5) is 4.39 Å². The van der Waals surface area contributed by atoms with E-state index in [1.807, 2.05) is 0 Å². The lowest BCUT2D eigenvalue weighted by molar-refractivity contribution is -0.241. The summed E-state index contributed by atoms with van der Waals surface area (Å²) < 4.78 is 31.0. The number of hydrogen-bond donors (Lipinski definition) is 0. The molecule has 128 valence electrons. The molecule has 2 saturated heterocycles. The molecule has 0 aromatic heterocycles. The van der Waals surface area contributed by atoms with Gasteiger partial charge in [0.2, 0.25) is 0 Å². The van der Waals surface area contributed by atoms with Crippen LogP contribution in [-0.2, 0) is 14.2 Å². The molecule has 0 radical (unpaired) electrons. The highest BCUT2D eigenvalue weighted by Gasteiger charge is 2.33. The lowest BCUT2D eigenvalue weighted by atomic mass is 9.93. The normalized spacial score (nSPS) is 32.0. The molecular formula is C18H24ClFO3. The van der Waals surface area contributed by atoms with Gasteiger partial charge in [-0.1, -0.05) is 31.0 Å². The summed E-state index contributed by atoms with van der Waals surface area (Å²) >= 11 is 5.85. The maximum Gasteiger partial charge on any atom is 0.162 e. The molecule has 2 aliphatic heterocycles. The second kappa shape index (κ2) is 7.93. The topological polar surface area (TPSA) is 27.7 Å². The second-order valence-electron chi connectivity index (χ2n) is 6.52. The molecule has 5 heteroatoms. The third-order valence-corrected chi connectivity index (χ3v) is 4.99. The minimum atomic E-state index is -0.394. The summed E-state index contributed by atoms with van der Waals surface area (Å²) in [5.41, 5.74) is 0.934. The van der Waals surface area contributed by atoms with Gasteiger partial charge in [0, 0.05) is 11.8 Å². The molecule has 2 heterocycles. The van der Waals surface area contributed by atoms with Crippen LogP contribution >= 0.6 is 11.6 Å². The smallest absolute Gasteiger partial charge is 0.162 e. The van der Waals surface area contributed by atoms with Crippen LogP contribution in [0.1, 0.15) is 44.3 Å². The van der Waals surface area contributed by atoms with E-state index in [1.54, 1.807) is 12.1 Å². The fraction of sp³-hybridized carbons (Fsp3) is 0.667. The van der Waals surface area contributed by atoms with E-state index in [0.29, 0.717) is 12.5 Å². The lowest BCUT2D eigenvalue weighted by Gasteiger charge is -2.37. The predicted octanol–water partition coefficient (Wildman–Crippen LogP) is 4.74. The average molecular weight is 343 g/mol. The fourth-order valence-corrected chi connectivity index (χ4v) is 3.56. The number of hydrogen-bond acceptors (Lipinski definition) is 3. The molecule has 3 rings (SSSR count). The number of ether oxygens (including phenoxy) is 3. The maximum absolute atomic E-state index is 13.3. The van der Waals surface area contributed by atoms with E-state index < -0.39 is 5.82 Å². The van der Waals surface area contributed by atoms with Crippen molar-refractivity contribution in [2.45, 2.75) is 45.0 Å². The van der Waals surface area contributed by atoms with Gasteiger partial charge < -0.3 is 14.2 Å². The van der Waals surface area contributed by atoms with E-state index in [2.05, 4.69) is 6.92 Å². The summed E-state index contributed by atoms with van der Waals surface area (Å²) in [5.74, 6) is 0.398. The Bertz CT molecular complexity index is 509. The van der Waals surface area contributed by atoms with Gasteiger partial charge in [-0.25, -0.2) is 4.39 Å². The van der Waals surface area contributed by atoms with Crippen LogP contribution in [0.3, 0.4) is 0 Å². The van der Waals surface area contributed by atoms with Gasteiger partial charge >= 0.3 is 0 Å². The Balaban J connectivity index is 1.50. The molecule has 0 aliphatic carbocycles. The van der Waals surface area contributed by atoms with Crippen LogP contribution in [-0.4, -0.2) is 26.1 Å². The fourth-order valence-electron chi connectivity index (χ4n) is 3.37. The van der Waals surface area contributed by atoms with Crippen LogP contribution in [0.5, 0.6) is 0 Å². The Labute approximate surface area is 142 Å². The van der Waals surface area contributed by atoms with Crippen molar-refractivity contribution in [3.8, 4) is 0 Å². The van der Waals surface area contributed by atoms with Crippen LogP contribution in [0.25, 0.3) is 0 Å². The Hall–Kier alpha value is -0.680. The van der Waals surface area contributed by atoms with Gasteiger partial charge in [-0.15, -0.1) is 0 Å². The first kappa shape index (κ1) is 17.2. The van der Waals surface area contributed by atoms with Gasteiger partial charge in [-0.05, 0) is 37.0 Å². The molecule has 1 aromatic carbocycles. The first-order chi connectivity index (χ1) is 11.2. The largest absolute Gasteiger partial charge is 0.373 e. The first-order valence-corrected chi connectivity index (χ1v) is 8.85. The molecule has 0 amide bonds. The summed E-state index contributed by atoms with van der Waals surface area (Å²) in [6, 6.07) is 4.80. The van der Waals surface area contributed by atoms with Crippen molar-refractivity contribution in [3.63, 3.8) is 0 Å². The van der Waals surface area contributed by atoms with E-state index in [0.717, 1.165) is 44.5 Å². The molecular weight excluding hydrogens is 319 g/mol. The van der Waals surface area contributed by atoms with Gasteiger partial charge in [0.1, 0.15) is 5.82 Å². The van der Waals surface area contributed by atoms with Crippen LogP contribution in [0, 0.1) is 17.7 Å². The van der Waals surface area contributed by atoms with Crippen molar-refractivity contribution in [1.29, 1.82) is 0 Å². The quantitative estimate of drug-likeness (QED) is 0.791. The highest BCUT2D eigenvalue weighted by molar-refractivity contribution is 6.30. The molecule has 0 saturated carbocycles. The molecule has 2 fully saturated rings. The summed E-state index contributed by atoms with van der Waals surface area (Å²) in [5, 5.41) is 0.147. The summed E-state index contributed by atoms with van der Waals surface area (Å²) in [6.07, 6.45) is 3.98. The number of benzene rings is 1. The van der Waals surface area contributed by atoms with Gasteiger partial charge in [0.05, 0.1) is 30.9 Å². The van der Waals surface area contributed by atoms with E-state index in [9.17, 15) is 4.39 Å². The zero-order valence-electron chi connectivity index (χ0n) is 13.5. The van der Waals surface area contributed by atoms with Crippen LogP contribution < -0.4 is 0 Å². The third kappa shape index (κ3) is 4.24. The van der Waals surface area contributed by atoms with Crippen LogP contribution in [0.2, 0.25) is 5.02 Å². The van der Waals surface area contributed by atoms with E-state index >= 15 is 0 Å². The molecule has 0 N–H and O–H groups in total. The van der Waals surface area contributed by atoms with Crippen molar-refractivity contribution in [3.05, 3.63) is 34.6 Å². The summed E-state index contributed by atoms with van der Waals surface area (Å²) in [4.78, 5) is 0. The minimum Gasteiger partial charge on any atom is -0.373 e. The third-order valence-electron chi connectivity index (χ3n) is 4.70. The van der Waals surface area contributed by atoms with Gasteiger partial charge in [-0.3, -0.25) is 0 Å². The SMILES string of the molecule is CCCC1COC([C@H]2CC[C@H](c3ccc(F)c(Cl)c3)OC2)OC1. The molecule has 23 heavy (non-hydrogen) atoms. The standard InChI is InChI=1S/C18H24ClFO3/c1-2-3-12-9-22-18(23-10-12)14-5-7-17(21-11-14)13-4-6-16(20)15(19)8-13/h4,6,8,12,14,17-18H,2-3,5,7,9-11H2,1H3/t12?,14-,17+,18?/m0/s1. The second-order valence-corrected chi connectivity index (χ2v) is 6.93. The summed E-state index contributed by atoms with van der Waals surface area (Å²) in [6.45, 7) is 4.35. The van der Waals surface area contributed by atoms with Crippen molar-refractivity contribution < 1.29 is 18.6 Å². The number of rotatable bonds is 4. The summed E-state index contributed by atoms with van der Waals surface area (Å²) in [7, 11) is 0. The van der Waals surface area contributed by atoms with Gasteiger partial charge in [0.25, 0.3) is 0 Å². The lowest BCUT2D eigenvalue weighted by Crippen LogP contribution is -2.40. The van der Waals surface area contributed by atoms with Crippen molar-refractivity contribution in [2.24, 2.45) is 11.8 Å². The maximum atomic E-state index is 13.3. The van der Waals surface area contributed by atoms with Crippen molar-refractivity contribution >= 4 is 11.6 Å².